The van der Waals surface area contributed by atoms with Crippen LogP contribution in [0.15, 0.2) is 36.5 Å². The highest BCUT2D eigenvalue weighted by molar-refractivity contribution is 5.97. The molecule has 38 heavy (non-hydrogen) atoms. The van der Waals surface area contributed by atoms with Crippen molar-refractivity contribution in [3.8, 4) is 28.3 Å². The third-order valence-corrected chi connectivity index (χ3v) is 7.36. The summed E-state index contributed by atoms with van der Waals surface area (Å²) in [4.78, 5) is 16.9. The number of aryl methyl sites for hydroxylation is 1. The number of halogens is 3. The predicted octanol–water partition coefficient (Wildman–Crippen LogP) is 4.97. The smallest absolute Gasteiger partial charge is 0.147 e. The number of H-pyrrole nitrogens is 1. The molecule has 2 aromatic heterocycles. The van der Waals surface area contributed by atoms with Gasteiger partial charge in [0.1, 0.15) is 40.7 Å². The molecule has 0 saturated carbocycles. The molecule has 4 heterocycles. The first-order valence-corrected chi connectivity index (χ1v) is 12.7. The van der Waals surface area contributed by atoms with Gasteiger partial charge in [0, 0.05) is 43.0 Å². The van der Waals surface area contributed by atoms with Crippen molar-refractivity contribution >= 4 is 22.5 Å². The van der Waals surface area contributed by atoms with Crippen LogP contribution in [0.2, 0.25) is 0 Å². The fourth-order valence-corrected chi connectivity index (χ4v) is 5.43. The fraction of sp³-hybridized carbons (Fsp3) is 0.357. The topological polar surface area (TPSA) is 83.3 Å². The molecule has 10 heteroatoms. The van der Waals surface area contributed by atoms with E-state index >= 15 is 0 Å². The summed E-state index contributed by atoms with van der Waals surface area (Å²) >= 11 is 0. The van der Waals surface area contributed by atoms with Crippen LogP contribution in [0.3, 0.4) is 0 Å². The van der Waals surface area contributed by atoms with Gasteiger partial charge in [-0.1, -0.05) is 6.07 Å². The van der Waals surface area contributed by atoms with Crippen LogP contribution in [0.5, 0.6) is 5.75 Å². The van der Waals surface area contributed by atoms with Crippen molar-refractivity contribution in [1.29, 1.82) is 0 Å². The van der Waals surface area contributed by atoms with Crippen LogP contribution in [0.1, 0.15) is 18.4 Å². The van der Waals surface area contributed by atoms with E-state index in [0.29, 0.717) is 52.6 Å². The van der Waals surface area contributed by atoms with Gasteiger partial charge < -0.3 is 25.3 Å². The van der Waals surface area contributed by atoms with Gasteiger partial charge in [-0.05, 0) is 43.0 Å². The number of rotatable bonds is 5. The normalized spacial score (nSPS) is 16.8. The second-order valence-electron chi connectivity index (χ2n) is 10.2. The van der Waals surface area contributed by atoms with Crippen LogP contribution in [-0.2, 0) is 0 Å². The largest absolute Gasteiger partial charge is 0.494 e. The zero-order valence-electron chi connectivity index (χ0n) is 21.3. The van der Waals surface area contributed by atoms with Gasteiger partial charge in [-0.25, -0.2) is 23.1 Å². The number of anilines is 2. The van der Waals surface area contributed by atoms with Crippen LogP contribution in [0.4, 0.5) is 24.7 Å². The summed E-state index contributed by atoms with van der Waals surface area (Å²) in [5.74, 6) is 0.531. The van der Waals surface area contributed by atoms with Crippen LogP contribution in [0, 0.1) is 18.6 Å². The number of hydrogen-bond donors (Lipinski definition) is 2. The molecule has 0 unspecified atom stereocenters. The van der Waals surface area contributed by atoms with Crippen molar-refractivity contribution in [1.82, 2.24) is 15.0 Å². The lowest BCUT2D eigenvalue weighted by Gasteiger charge is -2.39. The minimum Gasteiger partial charge on any atom is -0.494 e. The molecule has 0 bridgehead atoms. The number of nitrogens with zero attached hydrogens (tertiary/aromatic N) is 4. The molecule has 0 amide bonds. The summed E-state index contributed by atoms with van der Waals surface area (Å²) in [6.45, 7) is 3.63. The van der Waals surface area contributed by atoms with Gasteiger partial charge in [-0.3, -0.25) is 0 Å². The number of benzene rings is 2. The highest BCUT2D eigenvalue weighted by Gasteiger charge is 2.34. The summed E-state index contributed by atoms with van der Waals surface area (Å²) < 4.78 is 48.3. The molecule has 0 spiro atoms. The molecule has 3 N–H and O–H groups in total. The van der Waals surface area contributed by atoms with Gasteiger partial charge >= 0.3 is 0 Å². The number of imidazole rings is 1. The molecule has 2 aliphatic rings. The molecular weight excluding hydrogens is 493 g/mol. The van der Waals surface area contributed by atoms with E-state index in [-0.39, 0.29) is 24.9 Å². The minimum absolute atomic E-state index is 0.0944. The van der Waals surface area contributed by atoms with Crippen molar-refractivity contribution in [3.05, 3.63) is 53.7 Å². The minimum atomic E-state index is -0.948. The Morgan fingerprint density at radius 2 is 1.76 bits per heavy atom. The van der Waals surface area contributed by atoms with E-state index in [1.54, 1.807) is 6.20 Å². The molecule has 2 saturated heterocycles. The molecule has 2 aliphatic heterocycles. The zero-order valence-corrected chi connectivity index (χ0v) is 21.3. The van der Waals surface area contributed by atoms with E-state index in [1.165, 1.54) is 31.4 Å². The van der Waals surface area contributed by atoms with E-state index in [1.807, 2.05) is 17.9 Å². The molecule has 6 rings (SSSR count). The van der Waals surface area contributed by atoms with Gasteiger partial charge in [0.2, 0.25) is 0 Å². The maximum absolute atomic E-state index is 14.6. The number of nitrogens with one attached hydrogen (secondary N) is 1. The van der Waals surface area contributed by atoms with Crippen LogP contribution >= 0.6 is 0 Å². The summed E-state index contributed by atoms with van der Waals surface area (Å²) in [6.07, 6.45) is 2.35. The number of methoxy groups -OCH3 is 1. The SMILES string of the molecule is COc1cc(F)cc2nc(-c3c(N4CC(F)C4)ncc(-c4cc(C)cc(F)c4)c3N3CCC(N)CC3)[nH]c12. The summed E-state index contributed by atoms with van der Waals surface area (Å²) in [7, 11) is 1.47. The number of alkyl halides is 1. The second kappa shape index (κ2) is 9.50. The monoisotopic (exact) mass is 522 g/mol. The number of aromatic nitrogens is 3. The fourth-order valence-electron chi connectivity index (χ4n) is 5.43. The first-order chi connectivity index (χ1) is 18.3. The molecular formula is C28H29F3N6O. The van der Waals surface area contributed by atoms with Crippen LogP contribution in [-0.4, -0.2) is 60.5 Å². The maximum atomic E-state index is 14.6. The van der Waals surface area contributed by atoms with Gasteiger partial charge in [-0.15, -0.1) is 0 Å². The number of aromatic amines is 1. The maximum Gasteiger partial charge on any atom is 0.147 e. The average molecular weight is 523 g/mol. The highest BCUT2D eigenvalue weighted by Crippen LogP contribution is 2.46. The number of nitrogens with two attached hydrogens (primary N) is 1. The second-order valence-corrected chi connectivity index (χ2v) is 10.2. The standard InChI is InChI=1S/C28H29F3N6O/c1-15-7-16(9-17(29)8-15)21-12-33-28(37-13-19(31)14-37)24(26(21)36-5-3-20(32)4-6-36)27-34-22-10-18(30)11-23(38-2)25(22)35-27/h7-12,19-20H,3-6,13-14,32H2,1-2H3,(H,34,35). The van der Waals surface area contributed by atoms with Crippen molar-refractivity contribution in [3.63, 3.8) is 0 Å². The Morgan fingerprint density at radius 1 is 1.03 bits per heavy atom. The first-order valence-electron chi connectivity index (χ1n) is 12.7. The Morgan fingerprint density at radius 3 is 2.45 bits per heavy atom. The number of hydrogen-bond acceptors (Lipinski definition) is 6. The van der Waals surface area contributed by atoms with Crippen molar-refractivity contribution in [2.45, 2.75) is 32.0 Å². The Bertz CT molecular complexity index is 1490. The van der Waals surface area contributed by atoms with Crippen LogP contribution < -0.4 is 20.3 Å². The van der Waals surface area contributed by atoms with Crippen LogP contribution in [0.25, 0.3) is 33.5 Å². The van der Waals surface area contributed by atoms with E-state index < -0.39 is 12.0 Å². The van der Waals surface area contributed by atoms with Gasteiger partial charge in [0.15, 0.2) is 0 Å². The Hall–Kier alpha value is -3.79. The summed E-state index contributed by atoms with van der Waals surface area (Å²) in [5.41, 5.74) is 10.8. The van der Waals surface area contributed by atoms with E-state index in [4.69, 9.17) is 20.4 Å². The lowest BCUT2D eigenvalue weighted by molar-refractivity contribution is 0.273. The van der Waals surface area contributed by atoms with Gasteiger partial charge in [0.05, 0.1) is 37.0 Å². The Labute approximate surface area is 218 Å². The summed E-state index contributed by atoms with van der Waals surface area (Å²) in [5, 5.41) is 0. The highest BCUT2D eigenvalue weighted by atomic mass is 19.1. The molecule has 0 atom stereocenters. The molecule has 4 aromatic rings. The molecule has 7 nitrogen and oxygen atoms in total. The average Bonchev–Trinajstić information content (AvgIpc) is 3.29. The van der Waals surface area contributed by atoms with Gasteiger partial charge in [0.25, 0.3) is 0 Å². The van der Waals surface area contributed by atoms with Crippen molar-refractivity contribution in [2.24, 2.45) is 5.73 Å². The number of pyridine rings is 1. The Kier molecular flexibility index (Phi) is 6.14. The van der Waals surface area contributed by atoms with Crippen molar-refractivity contribution < 1.29 is 17.9 Å². The van der Waals surface area contributed by atoms with Crippen molar-refractivity contribution in [2.75, 3.05) is 43.1 Å². The quantitative estimate of drug-likeness (QED) is 0.385. The lowest BCUT2D eigenvalue weighted by Crippen LogP contribution is -2.49. The number of fused-ring (bicyclic) bond motifs is 1. The molecule has 0 radical (unpaired) electrons. The number of piperidine rings is 1. The van der Waals surface area contributed by atoms with E-state index in [2.05, 4.69) is 9.88 Å². The number of ether oxygens (including phenoxy) is 1. The lowest BCUT2D eigenvalue weighted by atomic mass is 9.96. The summed E-state index contributed by atoms with van der Waals surface area (Å²) in [6, 6.07) is 7.62. The zero-order chi connectivity index (χ0) is 26.6. The van der Waals surface area contributed by atoms with Gasteiger partial charge in [-0.2, -0.15) is 0 Å². The van der Waals surface area contributed by atoms with E-state index in [9.17, 15) is 13.2 Å². The Balaban J connectivity index is 1.64. The molecule has 2 aromatic carbocycles. The molecule has 0 aliphatic carbocycles. The molecule has 2 fully saturated rings. The first kappa shape index (κ1) is 24.5. The third kappa shape index (κ3) is 4.32. The third-order valence-electron chi connectivity index (χ3n) is 7.36. The predicted molar refractivity (Wildman–Crippen MR) is 142 cm³/mol. The molecule has 198 valence electrons. The van der Waals surface area contributed by atoms with E-state index in [0.717, 1.165) is 29.7 Å².